The molecule has 0 spiro atoms. The molecular weight excluding hydrogens is 354 g/mol. The Morgan fingerprint density at radius 1 is 1.31 bits per heavy atom. The summed E-state index contributed by atoms with van der Waals surface area (Å²) < 4.78 is 4.98. The zero-order valence-electron chi connectivity index (χ0n) is 13.9. The molecule has 1 N–H and O–H groups in total. The van der Waals surface area contributed by atoms with Gasteiger partial charge < -0.3 is 9.42 Å². The number of nitrogens with zero attached hydrogens (tertiary/aromatic N) is 4. The molecule has 1 aliphatic heterocycles. The molecule has 4 heterocycles. The molecule has 0 unspecified atom stereocenters. The number of thiazole rings is 1. The molecule has 0 radical (unpaired) electrons. The third kappa shape index (κ3) is 3.21. The number of amides is 2. The first-order valence-electron chi connectivity index (χ1n) is 8.04. The summed E-state index contributed by atoms with van der Waals surface area (Å²) in [5.74, 6) is 0.131. The van der Waals surface area contributed by atoms with Gasteiger partial charge in [0.15, 0.2) is 10.8 Å². The molecule has 0 saturated carbocycles. The van der Waals surface area contributed by atoms with Crippen molar-refractivity contribution in [3.05, 3.63) is 58.2 Å². The highest BCUT2D eigenvalue weighted by Gasteiger charge is 2.27. The average molecular weight is 369 g/mol. The highest BCUT2D eigenvalue weighted by molar-refractivity contribution is 7.15. The van der Waals surface area contributed by atoms with E-state index >= 15 is 0 Å². The van der Waals surface area contributed by atoms with Crippen LogP contribution in [0.1, 0.15) is 37.3 Å². The number of carbonyl (C=O) groups is 2. The van der Waals surface area contributed by atoms with Crippen LogP contribution in [0.2, 0.25) is 0 Å². The van der Waals surface area contributed by atoms with Crippen LogP contribution in [0, 0.1) is 6.92 Å². The Balaban J connectivity index is 1.47. The molecule has 26 heavy (non-hydrogen) atoms. The smallest absolute Gasteiger partial charge is 0.276 e. The number of aryl methyl sites for hydroxylation is 1. The van der Waals surface area contributed by atoms with Crippen molar-refractivity contribution >= 4 is 28.3 Å². The normalized spacial score (nSPS) is 13.3. The lowest BCUT2D eigenvalue weighted by atomic mass is 10.1. The van der Waals surface area contributed by atoms with Crippen LogP contribution < -0.4 is 5.32 Å². The molecule has 3 aromatic rings. The molecule has 2 amide bonds. The zero-order chi connectivity index (χ0) is 18.1. The van der Waals surface area contributed by atoms with Gasteiger partial charge in [-0.3, -0.25) is 19.9 Å². The maximum atomic E-state index is 12.5. The maximum Gasteiger partial charge on any atom is 0.276 e. The molecule has 0 fully saturated rings. The molecule has 4 rings (SSSR count). The monoisotopic (exact) mass is 369 g/mol. The maximum absolute atomic E-state index is 12.5. The number of anilines is 1. The number of aromatic nitrogens is 3. The topological polar surface area (TPSA) is 101 Å². The summed E-state index contributed by atoms with van der Waals surface area (Å²) in [7, 11) is 0. The fraction of sp³-hybridized carbons (Fsp3) is 0.235. The fourth-order valence-electron chi connectivity index (χ4n) is 2.71. The van der Waals surface area contributed by atoms with Crippen molar-refractivity contribution in [2.24, 2.45) is 0 Å². The fourth-order valence-corrected chi connectivity index (χ4v) is 3.73. The van der Waals surface area contributed by atoms with Crippen molar-refractivity contribution in [3.8, 4) is 0 Å². The number of fused-ring (bicyclic) bond motifs is 1. The van der Waals surface area contributed by atoms with Gasteiger partial charge in [0.25, 0.3) is 11.8 Å². The lowest BCUT2D eigenvalue weighted by molar-refractivity contribution is 0.0725. The predicted molar refractivity (Wildman–Crippen MR) is 94.0 cm³/mol. The minimum atomic E-state index is -0.303. The van der Waals surface area contributed by atoms with Crippen LogP contribution in [0.15, 0.2) is 35.0 Å². The second-order valence-corrected chi connectivity index (χ2v) is 6.94. The number of hydrogen-bond acceptors (Lipinski definition) is 7. The second-order valence-electron chi connectivity index (χ2n) is 5.86. The van der Waals surface area contributed by atoms with Crippen LogP contribution in [0.5, 0.6) is 0 Å². The van der Waals surface area contributed by atoms with E-state index in [1.165, 1.54) is 11.3 Å². The van der Waals surface area contributed by atoms with Crippen molar-refractivity contribution in [2.75, 3.05) is 11.9 Å². The van der Waals surface area contributed by atoms with Gasteiger partial charge >= 0.3 is 0 Å². The van der Waals surface area contributed by atoms with Gasteiger partial charge in [0.2, 0.25) is 0 Å². The summed E-state index contributed by atoms with van der Waals surface area (Å²) in [4.78, 5) is 35.9. The quantitative estimate of drug-likeness (QED) is 0.760. The van der Waals surface area contributed by atoms with Crippen molar-refractivity contribution in [1.82, 2.24) is 20.0 Å². The van der Waals surface area contributed by atoms with E-state index in [9.17, 15) is 9.59 Å². The zero-order valence-corrected chi connectivity index (χ0v) is 14.7. The summed E-state index contributed by atoms with van der Waals surface area (Å²) >= 11 is 1.37. The predicted octanol–water partition coefficient (Wildman–Crippen LogP) is 2.29. The first-order chi connectivity index (χ1) is 12.6. The van der Waals surface area contributed by atoms with Crippen molar-refractivity contribution < 1.29 is 14.1 Å². The Labute approximate surface area is 152 Å². The molecule has 0 atom stereocenters. The summed E-state index contributed by atoms with van der Waals surface area (Å²) in [5.41, 5.74) is 1.55. The Hall–Kier alpha value is -3.07. The number of rotatable bonds is 3. The van der Waals surface area contributed by atoms with E-state index in [-0.39, 0.29) is 11.8 Å². The van der Waals surface area contributed by atoms with E-state index < -0.39 is 0 Å². The Morgan fingerprint density at radius 2 is 2.19 bits per heavy atom. The highest BCUT2D eigenvalue weighted by atomic mass is 32.1. The second kappa shape index (κ2) is 6.68. The number of nitrogens with one attached hydrogen (secondary N) is 1. The third-order valence-electron chi connectivity index (χ3n) is 3.98. The molecule has 1 aliphatic rings. The molecule has 0 aromatic carbocycles. The van der Waals surface area contributed by atoms with E-state index in [0.717, 1.165) is 10.6 Å². The van der Waals surface area contributed by atoms with Gasteiger partial charge in [0.05, 0.1) is 12.2 Å². The molecular formula is C17H15N5O3S. The van der Waals surface area contributed by atoms with E-state index in [1.54, 1.807) is 42.3 Å². The van der Waals surface area contributed by atoms with Crippen molar-refractivity contribution in [3.63, 3.8) is 0 Å². The van der Waals surface area contributed by atoms with E-state index in [2.05, 4.69) is 20.4 Å². The van der Waals surface area contributed by atoms with E-state index in [0.29, 0.717) is 41.8 Å². The molecule has 8 nitrogen and oxygen atoms in total. The molecule has 0 aliphatic carbocycles. The van der Waals surface area contributed by atoms with Crippen LogP contribution in [-0.4, -0.2) is 38.4 Å². The first-order valence-corrected chi connectivity index (χ1v) is 8.85. The van der Waals surface area contributed by atoms with Gasteiger partial charge in [-0.05, 0) is 19.1 Å². The first kappa shape index (κ1) is 16.4. The van der Waals surface area contributed by atoms with Crippen LogP contribution in [0.3, 0.4) is 0 Å². The molecule has 0 bridgehead atoms. The molecule has 3 aromatic heterocycles. The number of pyridine rings is 1. The van der Waals surface area contributed by atoms with Crippen LogP contribution in [-0.2, 0) is 13.0 Å². The van der Waals surface area contributed by atoms with Gasteiger partial charge in [-0.2, -0.15) is 0 Å². The summed E-state index contributed by atoms with van der Waals surface area (Å²) in [6.07, 6.45) is 2.20. The van der Waals surface area contributed by atoms with Gasteiger partial charge in [-0.25, -0.2) is 4.98 Å². The van der Waals surface area contributed by atoms with Gasteiger partial charge in [-0.15, -0.1) is 0 Å². The highest BCUT2D eigenvalue weighted by Crippen LogP contribution is 2.29. The number of hydrogen-bond donors (Lipinski definition) is 1. The van der Waals surface area contributed by atoms with E-state index in [1.807, 2.05) is 0 Å². The number of carbonyl (C=O) groups excluding carboxylic acids is 2. The van der Waals surface area contributed by atoms with Gasteiger partial charge in [0, 0.05) is 30.1 Å². The van der Waals surface area contributed by atoms with Crippen LogP contribution in [0.25, 0.3) is 0 Å². The van der Waals surface area contributed by atoms with E-state index in [4.69, 9.17) is 4.52 Å². The van der Waals surface area contributed by atoms with Gasteiger partial charge in [0.1, 0.15) is 11.5 Å². The Morgan fingerprint density at radius 3 is 2.92 bits per heavy atom. The minimum Gasteiger partial charge on any atom is -0.361 e. The summed E-state index contributed by atoms with van der Waals surface area (Å²) in [6.45, 7) is 2.74. The lowest BCUT2D eigenvalue weighted by Gasteiger charge is -2.25. The summed E-state index contributed by atoms with van der Waals surface area (Å²) in [6, 6.07) is 6.77. The average Bonchev–Trinajstić information content (AvgIpc) is 3.26. The molecule has 0 saturated heterocycles. The Kier molecular flexibility index (Phi) is 4.21. The molecule has 132 valence electrons. The van der Waals surface area contributed by atoms with Crippen LogP contribution >= 0.6 is 11.3 Å². The minimum absolute atomic E-state index is 0.167. The standard InChI is InChI=1S/C17H15N5O3S/c1-10-8-13(21-25-10)16(24)22-7-5-11-14(9-22)26-17(19-11)20-15(23)12-4-2-3-6-18-12/h2-4,6,8H,5,7,9H2,1H3,(H,19,20,23). The molecule has 9 heteroatoms. The SMILES string of the molecule is Cc1cc(C(=O)N2CCc3nc(NC(=O)c4ccccn4)sc3C2)no1. The third-order valence-corrected chi connectivity index (χ3v) is 4.98. The largest absolute Gasteiger partial charge is 0.361 e. The lowest BCUT2D eigenvalue weighted by Crippen LogP contribution is -2.35. The summed E-state index contributed by atoms with van der Waals surface area (Å²) in [5, 5.41) is 7.06. The van der Waals surface area contributed by atoms with Crippen LogP contribution in [0.4, 0.5) is 5.13 Å². The Bertz CT molecular complexity index is 966. The van der Waals surface area contributed by atoms with Crippen molar-refractivity contribution in [2.45, 2.75) is 19.9 Å². The van der Waals surface area contributed by atoms with Crippen molar-refractivity contribution in [1.29, 1.82) is 0 Å². The van der Waals surface area contributed by atoms with Gasteiger partial charge in [-0.1, -0.05) is 22.6 Å².